The van der Waals surface area contributed by atoms with E-state index in [0.717, 1.165) is 10.4 Å². The maximum absolute atomic E-state index is 13.4. The molecule has 0 aliphatic carbocycles. The Bertz CT molecular complexity index is 1300. The summed E-state index contributed by atoms with van der Waals surface area (Å²) in [6.07, 6.45) is 1.82. The van der Waals surface area contributed by atoms with Gasteiger partial charge in [0, 0.05) is 4.88 Å². The molecule has 0 spiro atoms. The minimum absolute atomic E-state index is 0.186. The highest BCUT2D eigenvalue weighted by Gasteiger charge is 2.33. The molecule has 0 saturated heterocycles. The van der Waals surface area contributed by atoms with Crippen LogP contribution in [0.2, 0.25) is 0 Å². The third-order valence-electron chi connectivity index (χ3n) is 4.72. The van der Waals surface area contributed by atoms with Crippen molar-refractivity contribution in [1.82, 2.24) is 4.57 Å². The fourth-order valence-electron chi connectivity index (χ4n) is 3.39. The molecule has 0 fully saturated rings. The number of hydrogen-bond donors (Lipinski definition) is 0. The van der Waals surface area contributed by atoms with E-state index in [1.807, 2.05) is 47.9 Å². The average molecular weight is 441 g/mol. The zero-order chi connectivity index (χ0) is 21.3. The number of carbonyl (C=O) groups excluding carboxylic acids is 1. The monoisotopic (exact) mass is 440 g/mol. The van der Waals surface area contributed by atoms with Gasteiger partial charge in [0.25, 0.3) is 5.56 Å². The van der Waals surface area contributed by atoms with Crippen LogP contribution in [0.15, 0.2) is 62.8 Å². The number of carbonyl (C=O) groups is 1. The van der Waals surface area contributed by atoms with Crippen molar-refractivity contribution in [3.05, 3.63) is 83.2 Å². The highest BCUT2D eigenvalue weighted by atomic mass is 32.1. The van der Waals surface area contributed by atoms with E-state index in [4.69, 9.17) is 9.47 Å². The maximum atomic E-state index is 13.4. The smallest absolute Gasteiger partial charge is 0.338 e. The highest BCUT2D eigenvalue weighted by Crippen LogP contribution is 2.33. The summed E-state index contributed by atoms with van der Waals surface area (Å²) in [5.41, 5.74) is 1.64. The van der Waals surface area contributed by atoms with Gasteiger partial charge in [-0.05, 0) is 49.1 Å². The molecule has 3 aromatic rings. The summed E-state index contributed by atoms with van der Waals surface area (Å²) in [5, 5.41) is 1.93. The maximum Gasteiger partial charge on any atom is 0.338 e. The molecule has 4 rings (SSSR count). The Morgan fingerprint density at radius 1 is 1.30 bits per heavy atom. The van der Waals surface area contributed by atoms with E-state index >= 15 is 0 Å². The fraction of sp³-hybridized carbons (Fsp3) is 0.227. The molecular weight excluding hydrogens is 420 g/mol. The summed E-state index contributed by atoms with van der Waals surface area (Å²) in [4.78, 5) is 32.2. The number of thiazole rings is 1. The molecule has 0 amide bonds. The standard InChI is InChI=1S/C22H20N2O4S2/c1-4-28-21(26)18-13(2)23-22-24(19(18)16-9-6-10-29-16)20(25)17(30-22)12-14-7-5-8-15(11-14)27-3/h5-12,19H,4H2,1-3H3. The molecular formula is C22H20N2O4S2. The van der Waals surface area contributed by atoms with Gasteiger partial charge in [-0.1, -0.05) is 29.5 Å². The van der Waals surface area contributed by atoms with Crippen molar-refractivity contribution in [2.24, 2.45) is 4.99 Å². The number of fused-ring (bicyclic) bond motifs is 1. The third kappa shape index (κ3) is 3.64. The Balaban J connectivity index is 1.92. The molecule has 6 nitrogen and oxygen atoms in total. The second-order valence-electron chi connectivity index (χ2n) is 6.59. The van der Waals surface area contributed by atoms with Gasteiger partial charge >= 0.3 is 5.97 Å². The number of thiophene rings is 1. The number of nitrogens with zero attached hydrogens (tertiary/aromatic N) is 2. The lowest BCUT2D eigenvalue weighted by Crippen LogP contribution is -2.39. The first kappa shape index (κ1) is 20.3. The van der Waals surface area contributed by atoms with E-state index in [-0.39, 0.29) is 12.2 Å². The Hall–Kier alpha value is -2.97. The van der Waals surface area contributed by atoms with E-state index in [2.05, 4.69) is 4.99 Å². The number of esters is 1. The molecule has 154 valence electrons. The molecule has 30 heavy (non-hydrogen) atoms. The van der Waals surface area contributed by atoms with Crippen LogP contribution in [0.3, 0.4) is 0 Å². The molecule has 1 aliphatic heterocycles. The number of benzene rings is 1. The van der Waals surface area contributed by atoms with Crippen molar-refractivity contribution >= 4 is 34.7 Å². The molecule has 1 atom stereocenters. The molecule has 0 saturated carbocycles. The molecule has 0 bridgehead atoms. The largest absolute Gasteiger partial charge is 0.497 e. The molecule has 1 aromatic carbocycles. The van der Waals surface area contributed by atoms with Gasteiger partial charge in [0.1, 0.15) is 11.8 Å². The Kier molecular flexibility index (Phi) is 5.69. The zero-order valence-corrected chi connectivity index (χ0v) is 18.4. The second kappa shape index (κ2) is 8.41. The Morgan fingerprint density at radius 2 is 2.13 bits per heavy atom. The van der Waals surface area contributed by atoms with Crippen molar-refractivity contribution in [2.75, 3.05) is 13.7 Å². The van der Waals surface area contributed by atoms with Crippen LogP contribution in [0.1, 0.15) is 30.3 Å². The van der Waals surface area contributed by atoms with Crippen LogP contribution in [-0.2, 0) is 9.53 Å². The number of rotatable bonds is 5. The van der Waals surface area contributed by atoms with Crippen LogP contribution >= 0.6 is 22.7 Å². The minimum Gasteiger partial charge on any atom is -0.497 e. The van der Waals surface area contributed by atoms with E-state index in [1.54, 1.807) is 25.5 Å². The lowest BCUT2D eigenvalue weighted by Gasteiger charge is -2.23. The van der Waals surface area contributed by atoms with Crippen LogP contribution in [-0.4, -0.2) is 24.3 Å². The van der Waals surface area contributed by atoms with Crippen LogP contribution in [0.4, 0.5) is 0 Å². The Labute approximate surface area is 181 Å². The SMILES string of the molecule is CCOC(=O)C1=C(C)N=c2sc(=Cc3cccc(OC)c3)c(=O)n2C1c1cccs1. The third-order valence-corrected chi connectivity index (χ3v) is 6.63. The lowest BCUT2D eigenvalue weighted by molar-refractivity contribution is -0.139. The van der Waals surface area contributed by atoms with E-state index in [0.29, 0.717) is 26.4 Å². The van der Waals surface area contributed by atoms with Crippen molar-refractivity contribution < 1.29 is 14.3 Å². The van der Waals surface area contributed by atoms with Crippen LogP contribution < -0.4 is 19.6 Å². The van der Waals surface area contributed by atoms with Crippen molar-refractivity contribution in [3.8, 4) is 5.75 Å². The van der Waals surface area contributed by atoms with E-state index in [1.165, 1.54) is 22.7 Å². The van der Waals surface area contributed by atoms with Crippen LogP contribution in [0.25, 0.3) is 6.08 Å². The molecule has 1 unspecified atom stereocenters. The molecule has 8 heteroatoms. The first-order valence-electron chi connectivity index (χ1n) is 9.40. The summed E-state index contributed by atoms with van der Waals surface area (Å²) in [6, 6.07) is 10.8. The topological polar surface area (TPSA) is 69.9 Å². The molecule has 1 aliphatic rings. The molecule has 3 heterocycles. The highest BCUT2D eigenvalue weighted by molar-refractivity contribution is 7.10. The van der Waals surface area contributed by atoms with Crippen molar-refractivity contribution in [3.63, 3.8) is 0 Å². The summed E-state index contributed by atoms with van der Waals surface area (Å²) < 4.78 is 12.7. The van der Waals surface area contributed by atoms with Crippen LogP contribution in [0.5, 0.6) is 5.75 Å². The van der Waals surface area contributed by atoms with Gasteiger partial charge in [-0.2, -0.15) is 0 Å². The quantitative estimate of drug-likeness (QED) is 0.572. The summed E-state index contributed by atoms with van der Waals surface area (Å²) in [5.74, 6) is 0.271. The summed E-state index contributed by atoms with van der Waals surface area (Å²) in [6.45, 7) is 3.80. The Morgan fingerprint density at radius 3 is 2.83 bits per heavy atom. The minimum atomic E-state index is -0.548. The van der Waals surface area contributed by atoms with Crippen molar-refractivity contribution in [1.29, 1.82) is 0 Å². The first-order valence-corrected chi connectivity index (χ1v) is 11.1. The second-order valence-corrected chi connectivity index (χ2v) is 8.58. The van der Waals surface area contributed by atoms with Gasteiger partial charge in [-0.15, -0.1) is 11.3 Å². The van der Waals surface area contributed by atoms with Gasteiger partial charge in [0.2, 0.25) is 0 Å². The fourth-order valence-corrected chi connectivity index (χ4v) is 5.26. The van der Waals surface area contributed by atoms with Crippen molar-refractivity contribution in [2.45, 2.75) is 19.9 Å². The predicted octanol–water partition coefficient (Wildman–Crippen LogP) is 2.87. The first-order chi connectivity index (χ1) is 14.5. The van der Waals surface area contributed by atoms with E-state index in [9.17, 15) is 9.59 Å². The lowest BCUT2D eigenvalue weighted by atomic mass is 10.0. The van der Waals surface area contributed by atoms with Gasteiger partial charge in [0.15, 0.2) is 4.80 Å². The average Bonchev–Trinajstić information content (AvgIpc) is 3.36. The zero-order valence-electron chi connectivity index (χ0n) is 16.7. The summed E-state index contributed by atoms with van der Waals surface area (Å²) >= 11 is 2.80. The van der Waals surface area contributed by atoms with Gasteiger partial charge in [-0.3, -0.25) is 9.36 Å². The van der Waals surface area contributed by atoms with E-state index < -0.39 is 12.0 Å². The van der Waals surface area contributed by atoms with Gasteiger partial charge < -0.3 is 9.47 Å². The van der Waals surface area contributed by atoms with Gasteiger partial charge in [0.05, 0.1) is 29.5 Å². The number of aromatic nitrogens is 1. The predicted molar refractivity (Wildman–Crippen MR) is 118 cm³/mol. The number of ether oxygens (including phenoxy) is 2. The van der Waals surface area contributed by atoms with Crippen LogP contribution in [0, 0.1) is 0 Å². The molecule has 0 N–H and O–H groups in total. The summed E-state index contributed by atoms with van der Waals surface area (Å²) in [7, 11) is 1.60. The number of allylic oxidation sites excluding steroid dienone is 1. The van der Waals surface area contributed by atoms with Gasteiger partial charge in [-0.25, -0.2) is 9.79 Å². The number of methoxy groups -OCH3 is 1. The number of hydrogen-bond acceptors (Lipinski definition) is 7. The molecule has 0 radical (unpaired) electrons. The molecule has 2 aromatic heterocycles. The normalized spacial score (nSPS) is 16.2.